The molecule has 0 bridgehead atoms. The Kier molecular flexibility index (Phi) is 5.92. The van der Waals surface area contributed by atoms with Crippen molar-refractivity contribution in [2.24, 2.45) is 5.10 Å². The minimum atomic E-state index is -0.0626. The van der Waals surface area contributed by atoms with Gasteiger partial charge in [-0.15, -0.1) is 11.8 Å². The van der Waals surface area contributed by atoms with Crippen molar-refractivity contribution < 1.29 is 19.0 Å². The van der Waals surface area contributed by atoms with Crippen molar-refractivity contribution in [2.75, 3.05) is 27.6 Å². The number of carbonyl (C=O) groups is 1. The summed E-state index contributed by atoms with van der Waals surface area (Å²) in [5.41, 5.74) is 4.10. The highest BCUT2D eigenvalue weighted by molar-refractivity contribution is 7.98. The highest BCUT2D eigenvalue weighted by Gasteiger charge is 2.19. The van der Waals surface area contributed by atoms with E-state index >= 15 is 0 Å². The summed E-state index contributed by atoms with van der Waals surface area (Å²) in [5, 5.41) is 4.02. The molecule has 1 aromatic rings. The number of allylic oxidation sites excluding steroid dienone is 1. The molecule has 1 aromatic carbocycles. The van der Waals surface area contributed by atoms with Gasteiger partial charge in [0.25, 0.3) is 0 Å². The first kappa shape index (κ1) is 17.2. The van der Waals surface area contributed by atoms with Gasteiger partial charge in [-0.2, -0.15) is 5.10 Å². The van der Waals surface area contributed by atoms with Gasteiger partial charge in [0.05, 0.1) is 31.9 Å². The maximum Gasteiger partial charge on any atom is 0.240 e. The molecule has 1 heterocycles. The molecule has 124 valence electrons. The van der Waals surface area contributed by atoms with Gasteiger partial charge in [0.15, 0.2) is 11.5 Å². The summed E-state index contributed by atoms with van der Waals surface area (Å²) in [7, 11) is 4.82. The van der Waals surface area contributed by atoms with E-state index < -0.39 is 0 Å². The summed E-state index contributed by atoms with van der Waals surface area (Å²) in [5.74, 6) is 1.92. The smallest absolute Gasteiger partial charge is 0.240 e. The predicted molar refractivity (Wildman–Crippen MR) is 91.7 cm³/mol. The minimum Gasteiger partial charge on any atom is -0.495 e. The third-order valence-electron chi connectivity index (χ3n) is 3.41. The summed E-state index contributed by atoms with van der Waals surface area (Å²) < 4.78 is 16.5. The van der Waals surface area contributed by atoms with E-state index in [2.05, 4.69) is 10.5 Å². The maximum atomic E-state index is 11.1. The number of hydrogen-bond acceptors (Lipinski definition) is 6. The van der Waals surface area contributed by atoms with Crippen LogP contribution >= 0.6 is 11.8 Å². The van der Waals surface area contributed by atoms with Crippen molar-refractivity contribution in [3.8, 4) is 17.2 Å². The molecular weight excluding hydrogens is 316 g/mol. The number of rotatable bonds is 6. The third-order valence-corrected chi connectivity index (χ3v) is 4.20. The van der Waals surface area contributed by atoms with Crippen LogP contribution in [0.4, 0.5) is 0 Å². The largest absolute Gasteiger partial charge is 0.495 e. The lowest BCUT2D eigenvalue weighted by atomic mass is 10.1. The molecule has 0 unspecified atom stereocenters. The number of hydrazone groups is 1. The molecule has 1 aliphatic heterocycles. The molecule has 7 heteroatoms. The molecule has 0 radical (unpaired) electrons. The predicted octanol–water partition coefficient (Wildman–Crippen LogP) is 2.71. The van der Waals surface area contributed by atoms with Gasteiger partial charge in [0.2, 0.25) is 5.91 Å². The second kappa shape index (κ2) is 7.92. The Bertz CT molecular complexity index is 656. The molecule has 1 amide bonds. The minimum absolute atomic E-state index is 0.0626. The second-order valence-electron chi connectivity index (χ2n) is 4.74. The van der Waals surface area contributed by atoms with E-state index in [-0.39, 0.29) is 5.91 Å². The van der Waals surface area contributed by atoms with Crippen molar-refractivity contribution in [1.29, 1.82) is 0 Å². The summed E-state index contributed by atoms with van der Waals surface area (Å²) in [4.78, 5) is 12.0. The molecule has 0 fully saturated rings. The second-order valence-corrected chi connectivity index (χ2v) is 5.56. The zero-order valence-corrected chi connectivity index (χ0v) is 14.5. The van der Waals surface area contributed by atoms with Crippen LogP contribution in [0.25, 0.3) is 6.08 Å². The molecule has 23 heavy (non-hydrogen) atoms. The number of carbonyl (C=O) groups excluding carboxylic acids is 1. The topological polar surface area (TPSA) is 69.2 Å². The van der Waals surface area contributed by atoms with Gasteiger partial charge in [0.1, 0.15) is 5.75 Å². The molecule has 1 N–H and O–H groups in total. The van der Waals surface area contributed by atoms with E-state index in [9.17, 15) is 4.79 Å². The Morgan fingerprint density at radius 3 is 2.39 bits per heavy atom. The van der Waals surface area contributed by atoms with Crippen molar-refractivity contribution in [2.45, 2.75) is 17.7 Å². The summed E-state index contributed by atoms with van der Waals surface area (Å²) in [6.07, 6.45) is 6.74. The average molecular weight is 336 g/mol. The number of ether oxygens (including phenoxy) is 3. The zero-order valence-electron chi connectivity index (χ0n) is 13.6. The normalized spacial score (nSPS) is 14.4. The monoisotopic (exact) mass is 336 g/mol. The molecule has 0 saturated carbocycles. The first-order chi connectivity index (χ1) is 11.1. The number of amides is 1. The Labute approximate surface area is 139 Å². The van der Waals surface area contributed by atoms with Crippen LogP contribution in [0.3, 0.4) is 0 Å². The molecular formula is C16H20N2O4S. The van der Waals surface area contributed by atoms with E-state index in [0.29, 0.717) is 30.1 Å². The number of thioether (sulfide) groups is 1. The average Bonchev–Trinajstić information content (AvgIpc) is 2.59. The van der Waals surface area contributed by atoms with E-state index in [1.54, 1.807) is 21.3 Å². The Morgan fingerprint density at radius 2 is 1.87 bits per heavy atom. The fraction of sp³-hybridized carbons (Fsp3) is 0.375. The molecule has 0 saturated heterocycles. The van der Waals surface area contributed by atoms with Gasteiger partial charge in [-0.3, -0.25) is 4.79 Å². The van der Waals surface area contributed by atoms with Gasteiger partial charge >= 0.3 is 0 Å². The van der Waals surface area contributed by atoms with Crippen LogP contribution in [-0.2, 0) is 4.79 Å². The molecule has 0 atom stereocenters. The van der Waals surface area contributed by atoms with Gasteiger partial charge in [-0.25, -0.2) is 5.43 Å². The van der Waals surface area contributed by atoms with Gasteiger partial charge < -0.3 is 14.2 Å². The number of nitrogens with zero attached hydrogens (tertiary/aromatic N) is 1. The first-order valence-corrected chi connectivity index (χ1v) is 8.27. The van der Waals surface area contributed by atoms with E-state index in [1.807, 2.05) is 24.5 Å². The van der Waals surface area contributed by atoms with E-state index in [0.717, 1.165) is 16.2 Å². The molecule has 0 aliphatic carbocycles. The lowest BCUT2D eigenvalue weighted by Crippen LogP contribution is -2.24. The summed E-state index contributed by atoms with van der Waals surface area (Å²) in [6.45, 7) is 0. The van der Waals surface area contributed by atoms with Crippen LogP contribution in [-0.4, -0.2) is 39.2 Å². The van der Waals surface area contributed by atoms with Gasteiger partial charge in [-0.05, 0) is 24.5 Å². The van der Waals surface area contributed by atoms with Crippen LogP contribution in [0.15, 0.2) is 22.1 Å². The molecule has 1 aliphatic rings. The number of methoxy groups -OCH3 is 3. The highest BCUT2D eigenvalue weighted by atomic mass is 32.2. The number of nitrogens with one attached hydrogen (secondary N) is 1. The number of hydrogen-bond donors (Lipinski definition) is 1. The van der Waals surface area contributed by atoms with E-state index in [1.165, 1.54) is 11.8 Å². The lowest BCUT2D eigenvalue weighted by molar-refractivity contribution is -0.121. The Balaban J connectivity index is 2.43. The quantitative estimate of drug-likeness (QED) is 0.809. The van der Waals surface area contributed by atoms with Gasteiger partial charge in [0, 0.05) is 18.4 Å². The fourth-order valence-electron chi connectivity index (χ4n) is 2.28. The Morgan fingerprint density at radius 1 is 1.13 bits per heavy atom. The van der Waals surface area contributed by atoms with Gasteiger partial charge in [-0.1, -0.05) is 0 Å². The van der Waals surface area contributed by atoms with Crippen molar-refractivity contribution in [3.63, 3.8) is 0 Å². The molecule has 0 aromatic heterocycles. The van der Waals surface area contributed by atoms with Crippen LogP contribution in [0, 0.1) is 0 Å². The molecule has 0 spiro atoms. The lowest BCUT2D eigenvalue weighted by Gasteiger charge is -2.17. The summed E-state index contributed by atoms with van der Waals surface area (Å²) in [6, 6.07) is 1.89. The van der Waals surface area contributed by atoms with Crippen molar-refractivity contribution in [1.82, 2.24) is 5.43 Å². The standard InChI is InChI=1S/C16H20N2O4S/c1-20-12-9-10(5-6-11-7-8-13(19)18-17-11)14(21-2)15(22-3)16(12)23-4/h5-6,9H,7-8H2,1-4H3,(H,18,19). The first-order valence-electron chi connectivity index (χ1n) is 7.05. The molecule has 6 nitrogen and oxygen atoms in total. The van der Waals surface area contributed by atoms with Crippen LogP contribution in [0.1, 0.15) is 18.4 Å². The third kappa shape index (κ3) is 3.79. The maximum absolute atomic E-state index is 11.1. The number of benzene rings is 1. The van der Waals surface area contributed by atoms with Crippen LogP contribution in [0.5, 0.6) is 17.2 Å². The Hall–Kier alpha value is -2.15. The fourth-order valence-corrected chi connectivity index (χ4v) is 2.98. The highest BCUT2D eigenvalue weighted by Crippen LogP contribution is 2.45. The van der Waals surface area contributed by atoms with Crippen LogP contribution < -0.4 is 19.6 Å². The SMILES string of the molecule is COc1cc(C=CC2=NNC(=O)CC2)c(OC)c(OC)c1SC. The zero-order chi connectivity index (χ0) is 16.8. The van der Waals surface area contributed by atoms with E-state index in [4.69, 9.17) is 14.2 Å². The van der Waals surface area contributed by atoms with Crippen LogP contribution in [0.2, 0.25) is 0 Å². The molecule has 2 rings (SSSR count). The van der Waals surface area contributed by atoms with Crippen molar-refractivity contribution in [3.05, 3.63) is 17.7 Å². The summed E-state index contributed by atoms with van der Waals surface area (Å²) >= 11 is 1.53. The van der Waals surface area contributed by atoms with Crippen molar-refractivity contribution >= 4 is 29.5 Å².